The van der Waals surface area contributed by atoms with Gasteiger partial charge in [0.1, 0.15) is 0 Å². The van der Waals surface area contributed by atoms with E-state index in [2.05, 4.69) is 70.0 Å². The summed E-state index contributed by atoms with van der Waals surface area (Å²) in [5, 5.41) is 0. The van der Waals surface area contributed by atoms with Gasteiger partial charge in [-0.1, -0.05) is 38.1 Å². The van der Waals surface area contributed by atoms with Crippen molar-refractivity contribution in [3.8, 4) is 0 Å². The van der Waals surface area contributed by atoms with Gasteiger partial charge in [-0.2, -0.15) is 0 Å². The van der Waals surface area contributed by atoms with E-state index in [0.717, 1.165) is 15.7 Å². The summed E-state index contributed by atoms with van der Waals surface area (Å²) in [6, 6.07) is 8.66. The van der Waals surface area contributed by atoms with Gasteiger partial charge < -0.3 is 0 Å². The summed E-state index contributed by atoms with van der Waals surface area (Å²) in [4.78, 5) is 0. The second-order valence-corrected chi connectivity index (χ2v) is 6.55. The predicted octanol–water partition coefficient (Wildman–Crippen LogP) is 4.97. The molecule has 0 saturated carbocycles. The van der Waals surface area contributed by atoms with E-state index >= 15 is 0 Å². The monoisotopic (exact) mass is 316 g/mol. The molecule has 0 N–H and O–H groups in total. The Morgan fingerprint density at radius 1 is 1.21 bits per heavy atom. The molecule has 0 aliphatic rings. The highest BCUT2D eigenvalue weighted by Gasteiger charge is 1.97. The zero-order valence-electron chi connectivity index (χ0n) is 8.43. The van der Waals surface area contributed by atoms with Crippen molar-refractivity contribution in [3.05, 3.63) is 38.8 Å². The SMILES string of the molecule is CC(C)Cc1ccc(C=C(Br)Br)cc1. The maximum absolute atomic E-state index is 3.35. The Balaban J connectivity index is 2.74. The third-order valence-corrected chi connectivity index (χ3v) is 2.36. The summed E-state index contributed by atoms with van der Waals surface area (Å²) < 4.78 is 0.974. The summed E-state index contributed by atoms with van der Waals surface area (Å²) >= 11 is 6.70. The van der Waals surface area contributed by atoms with Crippen LogP contribution in [-0.4, -0.2) is 0 Å². The van der Waals surface area contributed by atoms with E-state index < -0.39 is 0 Å². The summed E-state index contributed by atoms with van der Waals surface area (Å²) in [5.41, 5.74) is 2.61. The molecule has 0 spiro atoms. The fraction of sp³-hybridized carbons (Fsp3) is 0.333. The molecule has 0 fully saturated rings. The van der Waals surface area contributed by atoms with Gasteiger partial charge in [-0.05, 0) is 61.4 Å². The first-order chi connectivity index (χ1) is 6.58. The quantitative estimate of drug-likeness (QED) is 0.738. The molecule has 0 radical (unpaired) electrons. The van der Waals surface area contributed by atoms with Crippen LogP contribution in [-0.2, 0) is 6.42 Å². The third-order valence-electron chi connectivity index (χ3n) is 1.90. The molecule has 1 rings (SSSR count). The third kappa shape index (κ3) is 4.43. The normalized spacial score (nSPS) is 10.4. The Morgan fingerprint density at radius 3 is 2.21 bits per heavy atom. The minimum atomic E-state index is 0.722. The number of hydrogen-bond donors (Lipinski definition) is 0. The van der Waals surface area contributed by atoms with Gasteiger partial charge in [-0.3, -0.25) is 0 Å². The highest BCUT2D eigenvalue weighted by molar-refractivity contribution is 9.28. The molecular weight excluding hydrogens is 304 g/mol. The van der Waals surface area contributed by atoms with Crippen LogP contribution in [0.15, 0.2) is 27.7 Å². The Kier molecular flexibility index (Phi) is 4.90. The zero-order valence-corrected chi connectivity index (χ0v) is 11.6. The van der Waals surface area contributed by atoms with Crippen molar-refractivity contribution in [1.29, 1.82) is 0 Å². The van der Waals surface area contributed by atoms with Crippen molar-refractivity contribution in [1.82, 2.24) is 0 Å². The first-order valence-electron chi connectivity index (χ1n) is 4.69. The van der Waals surface area contributed by atoms with Gasteiger partial charge in [0.15, 0.2) is 0 Å². The van der Waals surface area contributed by atoms with Crippen molar-refractivity contribution in [2.24, 2.45) is 5.92 Å². The topological polar surface area (TPSA) is 0 Å². The van der Waals surface area contributed by atoms with Crippen LogP contribution in [0.2, 0.25) is 0 Å². The van der Waals surface area contributed by atoms with Crippen molar-refractivity contribution in [2.75, 3.05) is 0 Å². The Hall–Kier alpha value is -0.0800. The maximum atomic E-state index is 3.35. The average molecular weight is 318 g/mol. The smallest absolute Gasteiger partial charge is 0.0610 e. The number of benzene rings is 1. The molecule has 76 valence electrons. The fourth-order valence-corrected chi connectivity index (χ4v) is 1.88. The molecule has 2 heteroatoms. The molecular formula is C12H14Br2. The van der Waals surface area contributed by atoms with E-state index in [-0.39, 0.29) is 0 Å². The fourth-order valence-electron chi connectivity index (χ4n) is 1.35. The largest absolute Gasteiger partial charge is 0.0625 e. The van der Waals surface area contributed by atoms with Crippen molar-refractivity contribution >= 4 is 37.9 Å². The molecule has 0 amide bonds. The van der Waals surface area contributed by atoms with Gasteiger partial charge in [0.25, 0.3) is 0 Å². The van der Waals surface area contributed by atoms with E-state index in [1.807, 2.05) is 6.08 Å². The molecule has 0 heterocycles. The van der Waals surface area contributed by atoms with E-state index in [9.17, 15) is 0 Å². The van der Waals surface area contributed by atoms with Crippen LogP contribution in [0.5, 0.6) is 0 Å². The van der Waals surface area contributed by atoms with Gasteiger partial charge in [0, 0.05) is 0 Å². The van der Waals surface area contributed by atoms with Crippen LogP contribution < -0.4 is 0 Å². The molecule has 0 atom stereocenters. The minimum Gasteiger partial charge on any atom is -0.0625 e. The van der Waals surface area contributed by atoms with Gasteiger partial charge in [0.05, 0.1) is 3.39 Å². The summed E-state index contributed by atoms with van der Waals surface area (Å²) in [6.45, 7) is 4.48. The van der Waals surface area contributed by atoms with Gasteiger partial charge in [-0.25, -0.2) is 0 Å². The Morgan fingerprint density at radius 2 is 1.79 bits per heavy atom. The molecule has 0 aliphatic carbocycles. The Labute approximate surface area is 103 Å². The van der Waals surface area contributed by atoms with E-state index in [1.165, 1.54) is 11.1 Å². The molecule has 0 nitrogen and oxygen atoms in total. The van der Waals surface area contributed by atoms with Crippen LogP contribution in [0.1, 0.15) is 25.0 Å². The van der Waals surface area contributed by atoms with Gasteiger partial charge in [-0.15, -0.1) is 0 Å². The molecule has 0 bridgehead atoms. The number of hydrogen-bond acceptors (Lipinski definition) is 0. The summed E-state index contributed by atoms with van der Waals surface area (Å²) in [7, 11) is 0. The summed E-state index contributed by atoms with van der Waals surface area (Å²) in [5.74, 6) is 0.722. The second kappa shape index (κ2) is 5.72. The number of halogens is 2. The van der Waals surface area contributed by atoms with E-state index in [4.69, 9.17) is 0 Å². The lowest BCUT2D eigenvalue weighted by Gasteiger charge is -2.04. The van der Waals surface area contributed by atoms with Crippen LogP contribution in [0.3, 0.4) is 0 Å². The minimum absolute atomic E-state index is 0.722. The zero-order chi connectivity index (χ0) is 10.6. The highest BCUT2D eigenvalue weighted by atomic mass is 79.9. The van der Waals surface area contributed by atoms with Crippen LogP contribution >= 0.6 is 31.9 Å². The first kappa shape index (κ1) is 12.0. The van der Waals surface area contributed by atoms with Crippen molar-refractivity contribution in [3.63, 3.8) is 0 Å². The van der Waals surface area contributed by atoms with Gasteiger partial charge >= 0.3 is 0 Å². The Bertz CT molecular complexity index is 306. The lowest BCUT2D eigenvalue weighted by atomic mass is 10.0. The molecule has 14 heavy (non-hydrogen) atoms. The van der Waals surface area contributed by atoms with Crippen molar-refractivity contribution < 1.29 is 0 Å². The lowest BCUT2D eigenvalue weighted by Crippen LogP contribution is -1.93. The van der Waals surface area contributed by atoms with Crippen molar-refractivity contribution in [2.45, 2.75) is 20.3 Å². The molecule has 1 aromatic rings. The maximum Gasteiger partial charge on any atom is 0.0610 e. The van der Waals surface area contributed by atoms with Crippen LogP contribution in [0.25, 0.3) is 6.08 Å². The highest BCUT2D eigenvalue weighted by Crippen LogP contribution is 2.18. The summed E-state index contributed by atoms with van der Waals surface area (Å²) in [6.07, 6.45) is 3.19. The molecule has 0 aromatic heterocycles. The predicted molar refractivity (Wildman–Crippen MR) is 70.8 cm³/mol. The molecule has 0 aliphatic heterocycles. The van der Waals surface area contributed by atoms with Crippen LogP contribution in [0.4, 0.5) is 0 Å². The molecule has 0 unspecified atom stereocenters. The van der Waals surface area contributed by atoms with Gasteiger partial charge in [0.2, 0.25) is 0 Å². The molecule has 1 aromatic carbocycles. The first-order valence-corrected chi connectivity index (χ1v) is 6.28. The average Bonchev–Trinajstić information content (AvgIpc) is 2.06. The second-order valence-electron chi connectivity index (χ2n) is 3.77. The van der Waals surface area contributed by atoms with Crippen LogP contribution in [0, 0.1) is 5.92 Å². The standard InChI is InChI=1S/C12H14Br2/c1-9(2)7-10-3-5-11(6-4-10)8-12(13)14/h3-6,8-9H,7H2,1-2H3. The van der Waals surface area contributed by atoms with E-state index in [1.54, 1.807) is 0 Å². The lowest BCUT2D eigenvalue weighted by molar-refractivity contribution is 0.647. The number of rotatable bonds is 3. The molecule has 0 saturated heterocycles. The van der Waals surface area contributed by atoms with E-state index in [0.29, 0.717) is 0 Å².